The molecule has 0 aliphatic carbocycles. The van der Waals surface area contributed by atoms with Crippen LogP contribution in [0.4, 0.5) is 11.7 Å². The van der Waals surface area contributed by atoms with Crippen molar-refractivity contribution in [2.75, 3.05) is 24.3 Å². The summed E-state index contributed by atoms with van der Waals surface area (Å²) in [4.78, 5) is 17.6. The van der Waals surface area contributed by atoms with Gasteiger partial charge in [0.1, 0.15) is 0 Å². The predicted molar refractivity (Wildman–Crippen MR) is 73.3 cm³/mol. The largest absolute Gasteiger partial charge is 0.423 e. The molecule has 5 heteroatoms. The van der Waals surface area contributed by atoms with Crippen molar-refractivity contribution in [3.63, 3.8) is 0 Å². The number of benzene rings is 1. The van der Waals surface area contributed by atoms with Crippen LogP contribution in [0.5, 0.6) is 0 Å². The van der Waals surface area contributed by atoms with E-state index in [1.54, 1.807) is 19.0 Å². The predicted octanol–water partition coefficient (Wildman–Crippen LogP) is 2.21. The molecular formula is C14H15N3O2. The molecule has 0 spiro atoms. The highest BCUT2D eigenvalue weighted by molar-refractivity contribution is 6.01. The van der Waals surface area contributed by atoms with Crippen LogP contribution in [0.25, 0.3) is 11.3 Å². The van der Waals surface area contributed by atoms with E-state index in [1.165, 1.54) is 0 Å². The van der Waals surface area contributed by atoms with Gasteiger partial charge < -0.3 is 14.6 Å². The van der Waals surface area contributed by atoms with Gasteiger partial charge in [-0.25, -0.2) is 0 Å². The number of rotatable bonds is 2. The van der Waals surface area contributed by atoms with Crippen LogP contribution in [0.2, 0.25) is 0 Å². The van der Waals surface area contributed by atoms with Crippen molar-refractivity contribution >= 4 is 17.6 Å². The number of carbonyl (C=O) groups is 1. The third-order valence-electron chi connectivity index (χ3n) is 3.43. The van der Waals surface area contributed by atoms with Gasteiger partial charge in [-0.2, -0.15) is 4.98 Å². The molecule has 1 aromatic heterocycles. The maximum atomic E-state index is 11.7. The summed E-state index contributed by atoms with van der Waals surface area (Å²) in [7, 11) is 3.57. The van der Waals surface area contributed by atoms with E-state index in [4.69, 9.17) is 4.42 Å². The van der Waals surface area contributed by atoms with Gasteiger partial charge >= 0.3 is 0 Å². The normalized spacial score (nSPS) is 13.8. The Morgan fingerprint density at radius 3 is 2.89 bits per heavy atom. The van der Waals surface area contributed by atoms with Crippen molar-refractivity contribution in [1.29, 1.82) is 0 Å². The lowest BCUT2D eigenvalue weighted by atomic mass is 10.1. The lowest BCUT2D eigenvalue weighted by molar-refractivity contribution is -0.117. The molecule has 98 valence electrons. The molecule has 1 amide bonds. The Morgan fingerprint density at radius 1 is 1.42 bits per heavy atom. The molecule has 0 saturated heterocycles. The summed E-state index contributed by atoms with van der Waals surface area (Å²) in [5, 5.41) is 2.88. The molecule has 19 heavy (non-hydrogen) atoms. The number of aromatic nitrogens is 1. The third kappa shape index (κ3) is 1.78. The molecule has 1 aliphatic heterocycles. The molecule has 0 fully saturated rings. The first-order valence-electron chi connectivity index (χ1n) is 6.15. The van der Waals surface area contributed by atoms with E-state index in [2.05, 4.69) is 10.3 Å². The van der Waals surface area contributed by atoms with Gasteiger partial charge in [0.25, 0.3) is 6.01 Å². The molecule has 0 atom stereocenters. The summed E-state index contributed by atoms with van der Waals surface area (Å²) < 4.78 is 5.64. The number of fused-ring (bicyclic) bond motifs is 1. The number of carbonyl (C=O) groups excluding carboxylic acids is 1. The van der Waals surface area contributed by atoms with Crippen molar-refractivity contribution in [1.82, 2.24) is 4.98 Å². The Morgan fingerprint density at radius 2 is 2.21 bits per heavy atom. The maximum absolute atomic E-state index is 11.7. The van der Waals surface area contributed by atoms with Gasteiger partial charge in [-0.15, -0.1) is 0 Å². The Labute approximate surface area is 111 Å². The number of oxazole rings is 1. The standard InChI is InChI=1S/C14H15N3O2/c1-8-13(19-14(15-2)16-8)9-4-5-11-10(6-9)7-12(18)17(11)3/h4-6H,7H2,1-3H3,(H,15,16). The van der Waals surface area contributed by atoms with Gasteiger partial charge in [-0.05, 0) is 30.7 Å². The fraction of sp³-hybridized carbons (Fsp3) is 0.286. The van der Waals surface area contributed by atoms with Crippen LogP contribution in [-0.4, -0.2) is 25.0 Å². The number of amides is 1. The summed E-state index contributed by atoms with van der Waals surface area (Å²) in [6.07, 6.45) is 0.450. The second-order valence-corrected chi connectivity index (χ2v) is 4.66. The van der Waals surface area contributed by atoms with Gasteiger partial charge in [0.15, 0.2) is 5.76 Å². The van der Waals surface area contributed by atoms with Gasteiger partial charge in [-0.1, -0.05) is 0 Å². The highest BCUT2D eigenvalue weighted by atomic mass is 16.4. The Hall–Kier alpha value is -2.30. The zero-order chi connectivity index (χ0) is 13.6. The minimum absolute atomic E-state index is 0.123. The Kier molecular flexibility index (Phi) is 2.55. The molecule has 0 bridgehead atoms. The summed E-state index contributed by atoms with van der Waals surface area (Å²) in [6.45, 7) is 1.91. The SMILES string of the molecule is CNc1nc(C)c(-c2ccc3c(c2)CC(=O)N3C)o1. The molecule has 5 nitrogen and oxygen atoms in total. The van der Waals surface area contributed by atoms with Crippen molar-refractivity contribution in [3.8, 4) is 11.3 Å². The summed E-state index contributed by atoms with van der Waals surface area (Å²) in [5.41, 5.74) is 3.79. The third-order valence-corrected chi connectivity index (χ3v) is 3.43. The molecule has 2 aromatic rings. The average Bonchev–Trinajstić information content (AvgIpc) is 2.91. The van der Waals surface area contributed by atoms with Crippen LogP contribution >= 0.6 is 0 Å². The number of aryl methyl sites for hydroxylation is 1. The summed E-state index contributed by atoms with van der Waals surface area (Å²) >= 11 is 0. The molecule has 2 heterocycles. The van der Waals surface area contributed by atoms with E-state index >= 15 is 0 Å². The van der Waals surface area contributed by atoms with Gasteiger partial charge in [-0.3, -0.25) is 4.79 Å². The maximum Gasteiger partial charge on any atom is 0.295 e. The van der Waals surface area contributed by atoms with E-state index in [0.717, 1.165) is 28.3 Å². The molecule has 1 aromatic carbocycles. The van der Waals surface area contributed by atoms with Crippen LogP contribution in [0.1, 0.15) is 11.3 Å². The number of anilines is 2. The Balaban J connectivity index is 2.06. The average molecular weight is 257 g/mol. The van der Waals surface area contributed by atoms with Crippen LogP contribution in [-0.2, 0) is 11.2 Å². The number of hydrogen-bond donors (Lipinski definition) is 1. The highest BCUT2D eigenvalue weighted by Gasteiger charge is 2.24. The van der Waals surface area contributed by atoms with E-state index in [9.17, 15) is 4.79 Å². The fourth-order valence-electron chi connectivity index (χ4n) is 2.38. The van der Waals surface area contributed by atoms with Crippen LogP contribution < -0.4 is 10.2 Å². The van der Waals surface area contributed by atoms with Crippen molar-refractivity contribution < 1.29 is 9.21 Å². The first kappa shape index (κ1) is 11.8. The first-order chi connectivity index (χ1) is 9.10. The van der Waals surface area contributed by atoms with E-state index < -0.39 is 0 Å². The van der Waals surface area contributed by atoms with Crippen molar-refractivity contribution in [2.24, 2.45) is 0 Å². The minimum atomic E-state index is 0.123. The molecular weight excluding hydrogens is 242 g/mol. The molecule has 1 aliphatic rings. The van der Waals surface area contributed by atoms with Crippen molar-refractivity contribution in [2.45, 2.75) is 13.3 Å². The van der Waals surface area contributed by atoms with Crippen LogP contribution in [0.15, 0.2) is 22.6 Å². The number of hydrogen-bond acceptors (Lipinski definition) is 4. The first-order valence-corrected chi connectivity index (χ1v) is 6.15. The topological polar surface area (TPSA) is 58.4 Å². The zero-order valence-electron chi connectivity index (χ0n) is 11.2. The van der Waals surface area contributed by atoms with Crippen LogP contribution in [0.3, 0.4) is 0 Å². The minimum Gasteiger partial charge on any atom is -0.423 e. The number of likely N-dealkylation sites (N-methyl/N-ethyl adjacent to an activating group) is 1. The molecule has 0 radical (unpaired) electrons. The van der Waals surface area contributed by atoms with E-state index in [0.29, 0.717) is 12.4 Å². The van der Waals surface area contributed by atoms with Gasteiger partial charge in [0.05, 0.1) is 12.1 Å². The monoisotopic (exact) mass is 257 g/mol. The fourth-order valence-corrected chi connectivity index (χ4v) is 2.38. The molecule has 3 rings (SSSR count). The molecule has 1 N–H and O–H groups in total. The molecule has 0 unspecified atom stereocenters. The Bertz CT molecular complexity index is 661. The lowest BCUT2D eigenvalue weighted by Gasteiger charge is -2.09. The van der Waals surface area contributed by atoms with Crippen LogP contribution in [0, 0.1) is 6.92 Å². The number of nitrogens with one attached hydrogen (secondary N) is 1. The van der Waals surface area contributed by atoms with Crippen molar-refractivity contribution in [3.05, 3.63) is 29.5 Å². The number of nitrogens with zero attached hydrogens (tertiary/aromatic N) is 2. The van der Waals surface area contributed by atoms with E-state index in [1.807, 2.05) is 25.1 Å². The quantitative estimate of drug-likeness (QED) is 0.896. The highest BCUT2D eigenvalue weighted by Crippen LogP contribution is 2.34. The second kappa shape index (κ2) is 4.12. The lowest BCUT2D eigenvalue weighted by Crippen LogP contribution is -2.20. The summed E-state index contributed by atoms with van der Waals surface area (Å²) in [6, 6.07) is 6.42. The van der Waals surface area contributed by atoms with Gasteiger partial charge in [0.2, 0.25) is 5.91 Å². The zero-order valence-corrected chi connectivity index (χ0v) is 11.2. The second-order valence-electron chi connectivity index (χ2n) is 4.66. The molecule has 0 saturated carbocycles. The summed E-state index contributed by atoms with van der Waals surface area (Å²) in [5.74, 6) is 0.867. The van der Waals surface area contributed by atoms with E-state index in [-0.39, 0.29) is 5.91 Å². The smallest absolute Gasteiger partial charge is 0.295 e. The van der Waals surface area contributed by atoms with Gasteiger partial charge in [0, 0.05) is 25.3 Å².